The van der Waals surface area contributed by atoms with E-state index in [0.717, 1.165) is 11.1 Å². The number of hydrogen-bond acceptors (Lipinski definition) is 6. The van der Waals surface area contributed by atoms with Crippen LogP contribution < -0.4 is 5.32 Å². The molecule has 38 heavy (non-hydrogen) atoms. The Morgan fingerprint density at radius 3 is 2.24 bits per heavy atom. The first-order chi connectivity index (χ1) is 17.7. The van der Waals surface area contributed by atoms with Crippen molar-refractivity contribution in [2.24, 2.45) is 0 Å². The first kappa shape index (κ1) is 29.2. The van der Waals surface area contributed by atoms with Crippen molar-refractivity contribution in [2.45, 2.75) is 97.3 Å². The van der Waals surface area contributed by atoms with Gasteiger partial charge in [-0.15, -0.1) is 0 Å². The number of anilines is 1. The zero-order chi connectivity index (χ0) is 28.1. The molecule has 2 atom stereocenters. The third-order valence-electron chi connectivity index (χ3n) is 6.06. The summed E-state index contributed by atoms with van der Waals surface area (Å²) < 4.78 is 17.2. The highest BCUT2D eigenvalue weighted by atomic mass is 16.6. The number of carbonyl (C=O) groups excluding carboxylic acids is 3. The minimum absolute atomic E-state index is 0.0477. The van der Waals surface area contributed by atoms with Crippen LogP contribution in [-0.4, -0.2) is 46.3 Å². The van der Waals surface area contributed by atoms with E-state index in [9.17, 15) is 14.4 Å². The summed E-state index contributed by atoms with van der Waals surface area (Å²) >= 11 is 0. The monoisotopic (exact) mass is 524 g/mol. The highest BCUT2D eigenvalue weighted by Crippen LogP contribution is 2.43. The van der Waals surface area contributed by atoms with Crippen LogP contribution in [0.2, 0.25) is 0 Å². The maximum absolute atomic E-state index is 13.1. The van der Waals surface area contributed by atoms with Gasteiger partial charge >= 0.3 is 12.2 Å². The molecule has 8 nitrogen and oxygen atoms in total. The molecule has 0 spiro atoms. The first-order valence-corrected chi connectivity index (χ1v) is 13.1. The van der Waals surface area contributed by atoms with E-state index in [1.165, 1.54) is 0 Å². The fourth-order valence-corrected chi connectivity index (χ4v) is 4.56. The van der Waals surface area contributed by atoms with Crippen molar-refractivity contribution >= 4 is 23.7 Å². The third kappa shape index (κ3) is 8.05. The van der Waals surface area contributed by atoms with Crippen molar-refractivity contribution in [3.63, 3.8) is 0 Å². The van der Waals surface area contributed by atoms with Gasteiger partial charge in [-0.05, 0) is 78.1 Å². The zero-order valence-corrected chi connectivity index (χ0v) is 23.4. The van der Waals surface area contributed by atoms with E-state index in [2.05, 4.69) is 5.32 Å². The molecule has 0 radical (unpaired) electrons. The minimum Gasteiger partial charge on any atom is -0.447 e. The highest BCUT2D eigenvalue weighted by Gasteiger charge is 2.51. The summed E-state index contributed by atoms with van der Waals surface area (Å²) in [6.07, 6.45) is -0.674. The number of ketones is 1. The predicted octanol–water partition coefficient (Wildman–Crippen LogP) is 6.65. The van der Waals surface area contributed by atoms with Gasteiger partial charge in [0.25, 0.3) is 0 Å². The first-order valence-electron chi connectivity index (χ1n) is 13.1. The van der Waals surface area contributed by atoms with Gasteiger partial charge < -0.3 is 14.2 Å². The molecule has 2 aromatic rings. The fourth-order valence-electron chi connectivity index (χ4n) is 4.56. The number of nitrogens with one attached hydrogen (secondary N) is 1. The van der Waals surface area contributed by atoms with Crippen LogP contribution in [-0.2, 0) is 25.4 Å². The number of rotatable bonds is 8. The summed E-state index contributed by atoms with van der Waals surface area (Å²) in [5, 5.41) is 2.69. The number of carbonyl (C=O) groups is 3. The lowest BCUT2D eigenvalue weighted by molar-refractivity contribution is -0.118. The molecule has 2 amide bonds. The van der Waals surface area contributed by atoms with Gasteiger partial charge in [0.2, 0.25) is 0 Å². The molecule has 206 valence electrons. The molecule has 1 heterocycles. The van der Waals surface area contributed by atoms with Crippen molar-refractivity contribution in [1.29, 1.82) is 0 Å². The van der Waals surface area contributed by atoms with Crippen LogP contribution in [0.3, 0.4) is 0 Å². The number of benzene rings is 2. The van der Waals surface area contributed by atoms with Gasteiger partial charge in [-0.25, -0.2) is 9.59 Å². The Kier molecular flexibility index (Phi) is 9.20. The van der Waals surface area contributed by atoms with Gasteiger partial charge in [-0.2, -0.15) is 0 Å². The molecule has 1 unspecified atom stereocenters. The largest absolute Gasteiger partial charge is 0.447 e. The standard InChI is InChI=1S/C30H40N2O6/c1-20(2)36-28(35)32-25(26(37-30(32,6)7)22-11-9-8-10-12-22)18-17-24(33)19-21-13-15-23(16-14-21)31-27(34)38-29(3,4)5/h8-16,20,25-26H,17-19H2,1-7H3,(H,31,34)/t25?,26-/m1/s1. The summed E-state index contributed by atoms with van der Waals surface area (Å²) in [4.78, 5) is 39.7. The molecule has 0 saturated carbocycles. The van der Waals surface area contributed by atoms with E-state index in [-0.39, 0.29) is 36.9 Å². The average molecular weight is 525 g/mol. The molecular formula is C30H40N2O6. The van der Waals surface area contributed by atoms with Gasteiger partial charge in [0.1, 0.15) is 23.2 Å². The average Bonchev–Trinajstić information content (AvgIpc) is 3.08. The maximum Gasteiger partial charge on any atom is 0.412 e. The molecule has 0 aromatic heterocycles. The van der Waals surface area contributed by atoms with E-state index >= 15 is 0 Å². The van der Waals surface area contributed by atoms with E-state index in [1.807, 2.05) is 70.2 Å². The molecule has 1 aliphatic heterocycles. The highest BCUT2D eigenvalue weighted by molar-refractivity contribution is 5.85. The predicted molar refractivity (Wildman–Crippen MR) is 146 cm³/mol. The number of ether oxygens (including phenoxy) is 3. The number of amides is 2. The van der Waals surface area contributed by atoms with Crippen LogP contribution in [0.15, 0.2) is 54.6 Å². The Balaban J connectivity index is 1.67. The molecule has 1 N–H and O–H groups in total. The lowest BCUT2D eigenvalue weighted by Gasteiger charge is -2.33. The molecule has 1 aliphatic rings. The second-order valence-electron chi connectivity index (χ2n) is 11.3. The minimum atomic E-state index is -0.892. The number of hydrogen-bond donors (Lipinski definition) is 1. The van der Waals surface area contributed by atoms with Crippen molar-refractivity contribution in [1.82, 2.24) is 4.90 Å². The summed E-state index contributed by atoms with van der Waals surface area (Å²) in [5.41, 5.74) is 0.897. The van der Waals surface area contributed by atoms with E-state index in [1.54, 1.807) is 37.8 Å². The van der Waals surface area contributed by atoms with Crippen LogP contribution in [0.5, 0.6) is 0 Å². The molecule has 8 heteroatoms. The molecule has 1 fully saturated rings. The second-order valence-corrected chi connectivity index (χ2v) is 11.3. The molecular weight excluding hydrogens is 484 g/mol. The molecule has 3 rings (SSSR count). The van der Waals surface area contributed by atoms with Crippen LogP contribution in [0, 0.1) is 0 Å². The smallest absolute Gasteiger partial charge is 0.412 e. The molecule has 1 saturated heterocycles. The second kappa shape index (κ2) is 12.0. The quantitative estimate of drug-likeness (QED) is 0.416. The van der Waals surface area contributed by atoms with E-state index < -0.39 is 23.5 Å². The summed E-state index contributed by atoms with van der Waals surface area (Å²) in [6, 6.07) is 16.5. The van der Waals surface area contributed by atoms with E-state index in [4.69, 9.17) is 14.2 Å². The van der Waals surface area contributed by atoms with Gasteiger partial charge in [0.15, 0.2) is 0 Å². The van der Waals surface area contributed by atoms with Gasteiger partial charge in [-0.3, -0.25) is 15.0 Å². The Bertz CT molecular complexity index is 1110. The summed E-state index contributed by atoms with van der Waals surface area (Å²) in [7, 11) is 0. The van der Waals surface area contributed by atoms with Gasteiger partial charge in [0, 0.05) is 18.5 Å². The molecule has 0 bridgehead atoms. The van der Waals surface area contributed by atoms with Crippen LogP contribution in [0.25, 0.3) is 0 Å². The number of Topliss-reactive ketones (excluding diaryl/α,β-unsaturated/α-hetero) is 1. The van der Waals surface area contributed by atoms with Crippen molar-refractivity contribution in [3.05, 3.63) is 65.7 Å². The maximum atomic E-state index is 13.1. The van der Waals surface area contributed by atoms with Crippen LogP contribution in [0.4, 0.5) is 15.3 Å². The van der Waals surface area contributed by atoms with Gasteiger partial charge in [-0.1, -0.05) is 42.5 Å². The molecule has 2 aromatic carbocycles. The Hall–Kier alpha value is -3.39. The Labute approximate surface area is 225 Å². The van der Waals surface area contributed by atoms with Crippen molar-refractivity contribution in [3.8, 4) is 0 Å². The zero-order valence-electron chi connectivity index (χ0n) is 23.4. The Morgan fingerprint density at radius 1 is 1.03 bits per heavy atom. The fraction of sp³-hybridized carbons (Fsp3) is 0.500. The lowest BCUT2D eigenvalue weighted by Crippen LogP contribution is -2.48. The van der Waals surface area contributed by atoms with Crippen molar-refractivity contribution in [2.75, 3.05) is 5.32 Å². The SMILES string of the molecule is CC(C)OC(=O)N1C(CCC(=O)Cc2ccc(NC(=O)OC(C)(C)C)cc2)[C@@H](c2ccccc2)OC1(C)C. The van der Waals surface area contributed by atoms with Gasteiger partial charge in [0.05, 0.1) is 12.1 Å². The van der Waals surface area contributed by atoms with Crippen LogP contribution in [0.1, 0.15) is 78.5 Å². The topological polar surface area (TPSA) is 94.2 Å². The lowest BCUT2D eigenvalue weighted by atomic mass is 9.95. The summed E-state index contributed by atoms with van der Waals surface area (Å²) in [6.45, 7) is 12.7. The van der Waals surface area contributed by atoms with Crippen LogP contribution >= 0.6 is 0 Å². The normalized spacial score (nSPS) is 18.8. The van der Waals surface area contributed by atoms with Crippen molar-refractivity contribution < 1.29 is 28.6 Å². The molecule has 0 aliphatic carbocycles. The van der Waals surface area contributed by atoms with E-state index in [0.29, 0.717) is 12.1 Å². The Morgan fingerprint density at radius 2 is 1.66 bits per heavy atom. The summed E-state index contributed by atoms with van der Waals surface area (Å²) in [5.74, 6) is 0.0477. The third-order valence-corrected chi connectivity index (χ3v) is 6.06. The number of nitrogens with zero attached hydrogens (tertiary/aromatic N) is 1.